The molecule has 2 fully saturated rings. The second-order valence-electron chi connectivity index (χ2n) is 13.6. The highest BCUT2D eigenvalue weighted by Crippen LogP contribution is 3.02. The molecule has 0 unspecified atom stereocenters. The van der Waals surface area contributed by atoms with Crippen LogP contribution in [0.2, 0.25) is 0 Å². The van der Waals surface area contributed by atoms with Gasteiger partial charge in [0.2, 0.25) is 0 Å². The summed E-state index contributed by atoms with van der Waals surface area (Å²) in [6.07, 6.45) is 5.98. The molecule has 0 bridgehead atoms. The van der Waals surface area contributed by atoms with Gasteiger partial charge in [0.1, 0.15) is 29.0 Å². The molecule has 0 heterocycles. The van der Waals surface area contributed by atoms with Gasteiger partial charge in [-0.15, -0.1) is 0 Å². The zero-order chi connectivity index (χ0) is 35.8. The highest BCUT2D eigenvalue weighted by Gasteiger charge is 2.69. The van der Waals surface area contributed by atoms with Crippen LogP contribution in [0.1, 0.15) is 107 Å². The minimum atomic E-state index is -10.7. The van der Waals surface area contributed by atoms with Crippen molar-refractivity contribution in [2.75, 3.05) is 0 Å². The zero-order valence-corrected chi connectivity index (χ0v) is 27.7. The molecule has 3 aromatic carbocycles. The smallest absolute Gasteiger partial charge is 0.400 e. The molecule has 0 aromatic heterocycles. The van der Waals surface area contributed by atoms with E-state index in [9.17, 15) is 32.6 Å². The average molecular weight is 729 g/mol. The van der Waals surface area contributed by atoms with Crippen molar-refractivity contribution in [3.05, 3.63) is 82.9 Å². The Morgan fingerprint density at radius 2 is 1.29 bits per heavy atom. The van der Waals surface area contributed by atoms with Gasteiger partial charge in [-0.1, -0.05) is 64.2 Å². The largest absolute Gasteiger partial charge is 0.432 e. The highest BCUT2D eigenvalue weighted by molar-refractivity contribution is 8.45. The van der Waals surface area contributed by atoms with E-state index in [0.29, 0.717) is 17.5 Å². The van der Waals surface area contributed by atoms with Crippen LogP contribution in [0.4, 0.5) is 45.8 Å². The first-order chi connectivity index (χ1) is 22.8. The van der Waals surface area contributed by atoms with Crippen molar-refractivity contribution in [3.63, 3.8) is 0 Å². The summed E-state index contributed by atoms with van der Waals surface area (Å²) < 4.78 is 159. The van der Waals surface area contributed by atoms with Gasteiger partial charge in [0.05, 0.1) is 5.92 Å². The zero-order valence-electron chi connectivity index (χ0n) is 26.9. The summed E-state index contributed by atoms with van der Waals surface area (Å²) in [5.41, 5.74) is -0.138. The fourth-order valence-electron chi connectivity index (χ4n) is 7.45. The summed E-state index contributed by atoms with van der Waals surface area (Å²) in [5, 5.41) is 0. The molecule has 0 saturated heterocycles. The van der Waals surface area contributed by atoms with Crippen LogP contribution < -0.4 is 4.74 Å². The second-order valence-corrected chi connectivity index (χ2v) is 15.9. The van der Waals surface area contributed by atoms with E-state index in [0.717, 1.165) is 49.3 Å². The molecule has 2 aliphatic rings. The summed E-state index contributed by atoms with van der Waals surface area (Å²) in [7, 11) is -10.7. The Balaban J connectivity index is 1.19. The monoisotopic (exact) mass is 728 g/mol. The Kier molecular flexibility index (Phi) is 10.1. The Hall–Kier alpha value is -2.96. The van der Waals surface area contributed by atoms with Crippen LogP contribution in [-0.4, -0.2) is 6.11 Å². The van der Waals surface area contributed by atoms with Gasteiger partial charge in [-0.2, -0.15) is 8.78 Å². The van der Waals surface area contributed by atoms with Crippen LogP contribution >= 0.6 is 10.2 Å². The van der Waals surface area contributed by atoms with Crippen molar-refractivity contribution in [1.82, 2.24) is 0 Å². The van der Waals surface area contributed by atoms with Crippen LogP contribution in [0.3, 0.4) is 0 Å². The van der Waals surface area contributed by atoms with Gasteiger partial charge in [0.15, 0.2) is 4.90 Å². The predicted molar refractivity (Wildman–Crippen MR) is 169 cm³/mol. The van der Waals surface area contributed by atoms with Gasteiger partial charge >= 0.3 is 16.3 Å². The number of rotatable bonds is 11. The molecule has 272 valence electrons. The van der Waals surface area contributed by atoms with Gasteiger partial charge < -0.3 is 4.74 Å². The molecule has 0 N–H and O–H groups in total. The predicted octanol–water partition coefficient (Wildman–Crippen LogP) is 14.4. The third-order valence-electron chi connectivity index (χ3n) is 10.1. The third-order valence-corrected chi connectivity index (χ3v) is 11.3. The molecule has 2 saturated carbocycles. The van der Waals surface area contributed by atoms with E-state index in [1.807, 2.05) is 6.07 Å². The van der Waals surface area contributed by atoms with Gasteiger partial charge in [0, 0.05) is 11.6 Å². The van der Waals surface area contributed by atoms with Crippen LogP contribution in [0.25, 0.3) is 11.1 Å². The van der Waals surface area contributed by atoms with Crippen molar-refractivity contribution in [3.8, 4) is 16.9 Å². The summed E-state index contributed by atoms with van der Waals surface area (Å²) >= 11 is 0. The maximum absolute atomic E-state index is 15.3. The first-order valence-corrected chi connectivity index (χ1v) is 18.6. The first-order valence-electron chi connectivity index (χ1n) is 16.6. The van der Waals surface area contributed by atoms with Gasteiger partial charge in [0.25, 0.3) is 0 Å². The van der Waals surface area contributed by atoms with Crippen molar-refractivity contribution < 1.29 is 50.5 Å². The normalized spacial score (nSPS) is 23.5. The fraction of sp³-hybridized carbons (Fsp3) is 0.500. The lowest BCUT2D eigenvalue weighted by Crippen LogP contribution is -2.37. The highest BCUT2D eigenvalue weighted by atomic mass is 32.5. The molecule has 0 radical (unpaired) electrons. The van der Waals surface area contributed by atoms with Crippen molar-refractivity contribution in [2.45, 2.75) is 107 Å². The molecule has 0 spiro atoms. The van der Waals surface area contributed by atoms with E-state index >= 15 is 13.2 Å². The first kappa shape index (κ1) is 37.3. The van der Waals surface area contributed by atoms with E-state index in [4.69, 9.17) is 4.74 Å². The third kappa shape index (κ3) is 8.86. The second kappa shape index (κ2) is 13.3. The Morgan fingerprint density at radius 1 is 0.673 bits per heavy atom. The van der Waals surface area contributed by atoms with Gasteiger partial charge in [-0.25, -0.2) is 17.6 Å². The minimum Gasteiger partial charge on any atom is -0.432 e. The minimum absolute atomic E-state index is 0.0153. The van der Waals surface area contributed by atoms with Gasteiger partial charge in [-0.3, -0.25) is 0 Å². The van der Waals surface area contributed by atoms with E-state index in [2.05, 4.69) is 6.92 Å². The summed E-state index contributed by atoms with van der Waals surface area (Å²) in [6.45, 7) is 2.19. The van der Waals surface area contributed by atoms with Crippen LogP contribution in [0.5, 0.6) is 5.75 Å². The van der Waals surface area contributed by atoms with Gasteiger partial charge in [-0.05, 0) is 116 Å². The number of halogens is 11. The quantitative estimate of drug-likeness (QED) is 0.141. The standard InChI is InChI=1S/C36H39F11OS/c1-2-3-4-5-22-6-8-23(9-7-22)25-12-16-29(31(37)18-25)24-10-13-27(14-11-24)36(41,42)48-28-15-17-30(32(38)21-28)26-19-33(39)35(34(40)20-26)49(43,44,45,46)47/h12,15-24,27H,2-11,13-14H2,1H3. The number of benzene rings is 3. The lowest BCUT2D eigenvalue weighted by molar-refractivity contribution is -0.222. The summed E-state index contributed by atoms with van der Waals surface area (Å²) in [4.78, 5) is -3.36. The van der Waals surface area contributed by atoms with E-state index < -0.39 is 61.5 Å². The van der Waals surface area contributed by atoms with Crippen molar-refractivity contribution in [1.29, 1.82) is 0 Å². The fourth-order valence-corrected chi connectivity index (χ4v) is 8.31. The number of hydrogen-bond acceptors (Lipinski definition) is 1. The van der Waals surface area contributed by atoms with E-state index in [-0.39, 0.29) is 49.6 Å². The Bertz CT molecular complexity index is 1620. The summed E-state index contributed by atoms with van der Waals surface area (Å²) in [6, 6.07) is 7.09. The number of hydrogen-bond donors (Lipinski definition) is 0. The number of unbranched alkanes of at least 4 members (excludes halogenated alkanes) is 2. The number of ether oxygens (including phenoxy) is 1. The van der Waals surface area contributed by atoms with Crippen molar-refractivity contribution in [2.24, 2.45) is 11.8 Å². The lowest BCUT2D eigenvalue weighted by Gasteiger charge is -2.40. The molecule has 0 atom stereocenters. The Labute approximate surface area is 279 Å². The van der Waals surface area contributed by atoms with Crippen LogP contribution in [-0.2, 0) is 0 Å². The topological polar surface area (TPSA) is 9.23 Å². The maximum Gasteiger partial charge on any atom is 0.400 e. The molecular formula is C36H39F11OS. The van der Waals surface area contributed by atoms with E-state index in [1.54, 1.807) is 12.1 Å². The molecule has 3 aromatic rings. The molecule has 13 heteroatoms. The SMILES string of the molecule is CCCCCC1CCC(c2ccc(C3CCC(C(F)(F)Oc4ccc(-c5cc(F)c(S(F)(F)(F)(F)F)c(F)c5)c(F)c4)CC3)c(F)c2)CC1. The molecule has 2 aliphatic carbocycles. The van der Waals surface area contributed by atoms with E-state index in [1.165, 1.54) is 25.7 Å². The van der Waals surface area contributed by atoms with Crippen molar-refractivity contribution >= 4 is 10.2 Å². The molecule has 0 amide bonds. The Morgan fingerprint density at radius 3 is 1.84 bits per heavy atom. The van der Waals surface area contributed by atoms with Crippen LogP contribution in [0.15, 0.2) is 53.4 Å². The molecule has 0 aliphatic heterocycles. The summed E-state index contributed by atoms with van der Waals surface area (Å²) in [5.74, 6) is -8.22. The molecular weight excluding hydrogens is 689 g/mol. The number of alkyl halides is 2. The van der Waals surface area contributed by atoms with Crippen LogP contribution in [0, 0.1) is 35.1 Å². The lowest BCUT2D eigenvalue weighted by atomic mass is 9.75. The molecule has 49 heavy (non-hydrogen) atoms. The molecule has 1 nitrogen and oxygen atoms in total. The molecule has 5 rings (SSSR count). The average Bonchev–Trinajstić information content (AvgIpc) is 2.99. The maximum atomic E-state index is 15.3.